The van der Waals surface area contributed by atoms with Gasteiger partial charge in [-0.2, -0.15) is 0 Å². The molecule has 0 bridgehead atoms. The molecule has 0 aromatic carbocycles. The fraction of sp³-hybridized carbons (Fsp3) is 0.900. The molecule has 0 spiro atoms. The molecular weight excluding hydrogens is 198 g/mol. The number of amides is 1. The minimum atomic E-state index is 0.214. The highest BCUT2D eigenvalue weighted by Crippen LogP contribution is 2.16. The molecule has 1 fully saturated rings. The van der Waals surface area contributed by atoms with Crippen LogP contribution in [0.3, 0.4) is 0 Å². The number of thioether (sulfide) groups is 1. The molecule has 0 aliphatic carbocycles. The Labute approximate surface area is 89.9 Å². The standard InChI is InChI=1S/C10H19NO2S/c1-9(4-7-12)14-8-10(13)11-5-2-3-6-11/h9,12H,2-8H2,1H3. The normalized spacial score (nSPS) is 18.6. The van der Waals surface area contributed by atoms with Crippen molar-refractivity contribution in [2.24, 2.45) is 0 Å². The molecule has 1 aliphatic rings. The maximum Gasteiger partial charge on any atom is 0.232 e. The van der Waals surface area contributed by atoms with Crippen LogP contribution in [-0.4, -0.2) is 46.6 Å². The van der Waals surface area contributed by atoms with Crippen LogP contribution < -0.4 is 0 Å². The van der Waals surface area contributed by atoms with Crippen molar-refractivity contribution in [2.75, 3.05) is 25.4 Å². The van der Waals surface area contributed by atoms with E-state index < -0.39 is 0 Å². The molecule has 3 nitrogen and oxygen atoms in total. The van der Waals surface area contributed by atoms with Crippen molar-refractivity contribution in [1.29, 1.82) is 0 Å². The number of nitrogens with zero attached hydrogens (tertiary/aromatic N) is 1. The first kappa shape index (κ1) is 11.9. The van der Waals surface area contributed by atoms with Gasteiger partial charge in [0.05, 0.1) is 5.75 Å². The molecule has 0 radical (unpaired) electrons. The predicted octanol–water partition coefficient (Wildman–Crippen LogP) is 1.11. The lowest BCUT2D eigenvalue weighted by atomic mass is 10.3. The zero-order valence-corrected chi connectivity index (χ0v) is 9.55. The van der Waals surface area contributed by atoms with Crippen molar-refractivity contribution < 1.29 is 9.90 Å². The van der Waals surface area contributed by atoms with Crippen molar-refractivity contribution in [3.8, 4) is 0 Å². The Morgan fingerprint density at radius 1 is 1.50 bits per heavy atom. The van der Waals surface area contributed by atoms with E-state index in [2.05, 4.69) is 6.92 Å². The molecule has 1 N–H and O–H groups in total. The van der Waals surface area contributed by atoms with Crippen LogP contribution in [0.4, 0.5) is 0 Å². The molecule has 82 valence electrons. The van der Waals surface area contributed by atoms with Crippen molar-refractivity contribution in [3.63, 3.8) is 0 Å². The van der Waals surface area contributed by atoms with Gasteiger partial charge in [0.15, 0.2) is 0 Å². The fourth-order valence-corrected chi connectivity index (χ4v) is 2.42. The monoisotopic (exact) mass is 217 g/mol. The van der Waals surface area contributed by atoms with Gasteiger partial charge in [-0.05, 0) is 19.3 Å². The van der Waals surface area contributed by atoms with E-state index in [9.17, 15) is 4.79 Å². The molecule has 14 heavy (non-hydrogen) atoms. The Morgan fingerprint density at radius 2 is 2.14 bits per heavy atom. The maximum atomic E-state index is 11.6. The smallest absolute Gasteiger partial charge is 0.232 e. The Balaban J connectivity index is 2.13. The van der Waals surface area contributed by atoms with Gasteiger partial charge >= 0.3 is 0 Å². The molecular formula is C10H19NO2S. The Bertz CT molecular complexity index is 181. The first-order chi connectivity index (χ1) is 6.74. The van der Waals surface area contributed by atoms with Crippen LogP contribution in [0.2, 0.25) is 0 Å². The molecule has 0 aromatic heterocycles. The van der Waals surface area contributed by atoms with Gasteiger partial charge in [-0.1, -0.05) is 6.92 Å². The molecule has 1 atom stereocenters. The molecule has 1 rings (SSSR count). The Hall–Kier alpha value is -0.220. The molecule has 1 aliphatic heterocycles. The second kappa shape index (κ2) is 6.30. The van der Waals surface area contributed by atoms with E-state index in [1.165, 1.54) is 0 Å². The summed E-state index contributed by atoms with van der Waals surface area (Å²) in [5, 5.41) is 9.09. The van der Waals surface area contributed by atoms with Crippen molar-refractivity contribution in [1.82, 2.24) is 4.90 Å². The number of carbonyl (C=O) groups excluding carboxylic acids is 1. The van der Waals surface area contributed by atoms with Gasteiger partial charge < -0.3 is 10.0 Å². The largest absolute Gasteiger partial charge is 0.396 e. The lowest BCUT2D eigenvalue weighted by Crippen LogP contribution is -2.29. The zero-order valence-electron chi connectivity index (χ0n) is 8.74. The summed E-state index contributed by atoms with van der Waals surface area (Å²) in [6, 6.07) is 0. The van der Waals surface area contributed by atoms with Gasteiger partial charge in [-0.25, -0.2) is 0 Å². The van der Waals surface area contributed by atoms with Gasteiger partial charge in [0.1, 0.15) is 0 Å². The van der Waals surface area contributed by atoms with Gasteiger partial charge in [0, 0.05) is 24.9 Å². The van der Waals surface area contributed by atoms with Crippen LogP contribution in [0.5, 0.6) is 0 Å². The fourth-order valence-electron chi connectivity index (χ4n) is 1.54. The topological polar surface area (TPSA) is 40.5 Å². The number of hydrogen-bond acceptors (Lipinski definition) is 3. The van der Waals surface area contributed by atoms with E-state index in [-0.39, 0.29) is 12.5 Å². The van der Waals surface area contributed by atoms with Crippen LogP contribution in [0.1, 0.15) is 26.2 Å². The van der Waals surface area contributed by atoms with E-state index in [0.29, 0.717) is 11.0 Å². The molecule has 1 unspecified atom stereocenters. The first-order valence-corrected chi connectivity index (χ1v) is 6.29. The average molecular weight is 217 g/mol. The summed E-state index contributed by atoms with van der Waals surface area (Å²) in [5.74, 6) is 0.832. The highest BCUT2D eigenvalue weighted by Gasteiger charge is 2.18. The van der Waals surface area contributed by atoms with Gasteiger partial charge in [0.25, 0.3) is 0 Å². The number of carbonyl (C=O) groups is 1. The predicted molar refractivity (Wildman–Crippen MR) is 59.4 cm³/mol. The van der Waals surface area contributed by atoms with Crippen LogP contribution in [-0.2, 0) is 4.79 Å². The molecule has 1 heterocycles. The lowest BCUT2D eigenvalue weighted by Gasteiger charge is -2.16. The third-order valence-electron chi connectivity index (χ3n) is 2.49. The SMILES string of the molecule is CC(CCO)SCC(=O)N1CCCC1. The summed E-state index contributed by atoms with van der Waals surface area (Å²) in [6.45, 7) is 4.14. The summed E-state index contributed by atoms with van der Waals surface area (Å²) in [6.07, 6.45) is 3.09. The molecule has 1 amide bonds. The zero-order chi connectivity index (χ0) is 10.4. The van der Waals surface area contributed by atoms with Gasteiger partial charge in [0.2, 0.25) is 5.91 Å². The van der Waals surface area contributed by atoms with Crippen molar-refractivity contribution >= 4 is 17.7 Å². The second-order valence-corrected chi connectivity index (χ2v) is 5.15. The van der Waals surface area contributed by atoms with Crippen LogP contribution in [0, 0.1) is 0 Å². The minimum Gasteiger partial charge on any atom is -0.396 e. The molecule has 0 saturated carbocycles. The average Bonchev–Trinajstić information content (AvgIpc) is 2.67. The first-order valence-electron chi connectivity index (χ1n) is 5.24. The summed E-state index contributed by atoms with van der Waals surface area (Å²) >= 11 is 1.64. The number of aliphatic hydroxyl groups excluding tert-OH is 1. The summed E-state index contributed by atoms with van der Waals surface area (Å²) < 4.78 is 0. The highest BCUT2D eigenvalue weighted by molar-refractivity contribution is 8.00. The molecule has 0 aromatic rings. The van der Waals surface area contributed by atoms with E-state index in [1.54, 1.807) is 11.8 Å². The quantitative estimate of drug-likeness (QED) is 0.750. The Kier molecular flexibility index (Phi) is 5.33. The number of likely N-dealkylation sites (tertiary alicyclic amines) is 1. The van der Waals surface area contributed by atoms with E-state index in [0.717, 1.165) is 32.4 Å². The second-order valence-electron chi connectivity index (χ2n) is 3.72. The third kappa shape index (κ3) is 3.88. The van der Waals surface area contributed by atoms with Crippen LogP contribution >= 0.6 is 11.8 Å². The number of aliphatic hydroxyl groups is 1. The molecule has 4 heteroatoms. The van der Waals surface area contributed by atoms with E-state index in [1.807, 2.05) is 4.90 Å². The third-order valence-corrected chi connectivity index (χ3v) is 3.70. The van der Waals surface area contributed by atoms with Crippen LogP contribution in [0.25, 0.3) is 0 Å². The maximum absolute atomic E-state index is 11.6. The highest BCUT2D eigenvalue weighted by atomic mass is 32.2. The van der Waals surface area contributed by atoms with E-state index in [4.69, 9.17) is 5.11 Å². The Morgan fingerprint density at radius 3 is 2.71 bits per heavy atom. The molecule has 1 saturated heterocycles. The summed E-state index contributed by atoms with van der Waals surface area (Å²) in [4.78, 5) is 13.5. The van der Waals surface area contributed by atoms with Crippen molar-refractivity contribution in [2.45, 2.75) is 31.4 Å². The van der Waals surface area contributed by atoms with Gasteiger partial charge in [-0.3, -0.25) is 4.79 Å². The summed E-state index contributed by atoms with van der Waals surface area (Å²) in [5.41, 5.74) is 0. The van der Waals surface area contributed by atoms with Crippen molar-refractivity contribution in [3.05, 3.63) is 0 Å². The lowest BCUT2D eigenvalue weighted by molar-refractivity contribution is -0.127. The van der Waals surface area contributed by atoms with Crippen LogP contribution in [0.15, 0.2) is 0 Å². The number of hydrogen-bond donors (Lipinski definition) is 1. The minimum absolute atomic E-state index is 0.214. The van der Waals surface area contributed by atoms with Gasteiger partial charge in [-0.15, -0.1) is 11.8 Å². The summed E-state index contributed by atoms with van der Waals surface area (Å²) in [7, 11) is 0. The van der Waals surface area contributed by atoms with E-state index >= 15 is 0 Å². The number of rotatable bonds is 5.